The molecule has 3 fully saturated rings. The van der Waals surface area contributed by atoms with Crippen molar-refractivity contribution in [3.05, 3.63) is 29.8 Å². The van der Waals surface area contributed by atoms with Gasteiger partial charge in [0.2, 0.25) is 0 Å². The highest BCUT2D eigenvalue weighted by Gasteiger charge is 2.37. The Morgan fingerprint density at radius 2 is 1.90 bits per heavy atom. The number of methoxy groups -OCH3 is 1. The Balaban J connectivity index is 1.79. The van der Waals surface area contributed by atoms with Crippen molar-refractivity contribution < 1.29 is 4.74 Å². The van der Waals surface area contributed by atoms with Crippen LogP contribution in [0, 0.1) is 0 Å². The second-order valence-electron chi connectivity index (χ2n) is 6.11. The lowest BCUT2D eigenvalue weighted by Crippen LogP contribution is -2.64. The lowest BCUT2D eigenvalue weighted by Gasteiger charge is -2.50. The van der Waals surface area contributed by atoms with E-state index in [0.29, 0.717) is 12.1 Å². The Morgan fingerprint density at radius 1 is 1.19 bits per heavy atom. The third-order valence-corrected chi connectivity index (χ3v) is 4.80. The van der Waals surface area contributed by atoms with Crippen molar-refractivity contribution in [2.24, 2.45) is 0 Å². The largest absolute Gasteiger partial charge is 0.497 e. The van der Waals surface area contributed by atoms with Crippen molar-refractivity contribution in [3.8, 4) is 5.75 Å². The molecule has 4 rings (SSSR count). The molecule has 3 aliphatic heterocycles. The third-order valence-electron chi connectivity index (χ3n) is 4.80. The Kier molecular flexibility index (Phi) is 4.78. The molecule has 0 spiro atoms. The van der Waals surface area contributed by atoms with Crippen molar-refractivity contribution in [3.63, 3.8) is 0 Å². The number of piperazine rings is 3. The molecule has 0 aromatic heterocycles. The summed E-state index contributed by atoms with van der Waals surface area (Å²) in [6.45, 7) is 9.39. The lowest BCUT2D eigenvalue weighted by molar-refractivity contribution is -0.00364. The zero-order valence-electron chi connectivity index (χ0n) is 13.2. The number of nitrogens with one attached hydrogen (secondary N) is 1. The standard InChI is InChI=1S/C17H27N3O/c1-3-8-18-17(14-4-6-15(21-2)7-5-14)16-13-19-9-11-20(16)12-10-19/h4-7,16-18H,3,8-13H2,1-2H3. The van der Waals surface area contributed by atoms with Crippen LogP contribution in [0.2, 0.25) is 0 Å². The van der Waals surface area contributed by atoms with Gasteiger partial charge in [-0.05, 0) is 30.7 Å². The lowest BCUT2D eigenvalue weighted by atomic mass is 9.93. The first-order valence-electron chi connectivity index (χ1n) is 8.15. The predicted octanol–water partition coefficient (Wildman–Crippen LogP) is 1.74. The molecule has 0 aliphatic carbocycles. The van der Waals surface area contributed by atoms with Gasteiger partial charge in [0.05, 0.1) is 7.11 Å². The summed E-state index contributed by atoms with van der Waals surface area (Å²) in [7, 11) is 1.72. The van der Waals surface area contributed by atoms with Gasteiger partial charge in [0.15, 0.2) is 0 Å². The molecular formula is C17H27N3O. The molecule has 2 atom stereocenters. The molecule has 4 heteroatoms. The van der Waals surface area contributed by atoms with Crippen LogP contribution in [-0.2, 0) is 0 Å². The molecule has 1 aromatic rings. The summed E-state index contributed by atoms with van der Waals surface area (Å²) < 4.78 is 5.29. The Bertz CT molecular complexity index is 440. The summed E-state index contributed by atoms with van der Waals surface area (Å²) in [5.41, 5.74) is 1.38. The Morgan fingerprint density at radius 3 is 2.43 bits per heavy atom. The van der Waals surface area contributed by atoms with Crippen LogP contribution >= 0.6 is 0 Å². The number of benzene rings is 1. The number of rotatable bonds is 6. The van der Waals surface area contributed by atoms with Crippen molar-refractivity contribution >= 4 is 0 Å². The van der Waals surface area contributed by atoms with Gasteiger partial charge in [-0.2, -0.15) is 0 Å². The molecule has 3 heterocycles. The first-order valence-corrected chi connectivity index (χ1v) is 8.15. The topological polar surface area (TPSA) is 27.7 Å². The Hall–Kier alpha value is -1.10. The van der Waals surface area contributed by atoms with Gasteiger partial charge in [-0.3, -0.25) is 9.80 Å². The van der Waals surface area contributed by atoms with Gasteiger partial charge in [-0.1, -0.05) is 19.1 Å². The zero-order valence-corrected chi connectivity index (χ0v) is 13.2. The van der Waals surface area contributed by atoms with E-state index in [1.54, 1.807) is 7.11 Å². The van der Waals surface area contributed by atoms with E-state index in [0.717, 1.165) is 12.3 Å². The molecule has 21 heavy (non-hydrogen) atoms. The van der Waals surface area contributed by atoms with Gasteiger partial charge in [0, 0.05) is 44.8 Å². The quantitative estimate of drug-likeness (QED) is 0.863. The van der Waals surface area contributed by atoms with Gasteiger partial charge >= 0.3 is 0 Å². The van der Waals surface area contributed by atoms with Gasteiger partial charge in [0.1, 0.15) is 5.75 Å². The minimum absolute atomic E-state index is 0.416. The third kappa shape index (κ3) is 3.23. The van der Waals surface area contributed by atoms with Crippen LogP contribution in [0.15, 0.2) is 24.3 Å². The maximum Gasteiger partial charge on any atom is 0.118 e. The number of ether oxygens (including phenoxy) is 1. The van der Waals surface area contributed by atoms with Crippen LogP contribution in [0.5, 0.6) is 5.75 Å². The minimum atomic E-state index is 0.416. The maximum absolute atomic E-state index is 5.29. The SMILES string of the molecule is CCCNC(c1ccc(OC)cc1)C1CN2CCN1CC2. The van der Waals surface area contributed by atoms with Crippen LogP contribution in [-0.4, -0.2) is 62.2 Å². The average Bonchev–Trinajstić information content (AvgIpc) is 2.57. The van der Waals surface area contributed by atoms with E-state index >= 15 is 0 Å². The van der Waals surface area contributed by atoms with E-state index in [-0.39, 0.29) is 0 Å². The number of hydrogen-bond acceptors (Lipinski definition) is 4. The summed E-state index contributed by atoms with van der Waals surface area (Å²) in [6.07, 6.45) is 1.17. The second-order valence-corrected chi connectivity index (χ2v) is 6.11. The molecule has 0 amide bonds. The average molecular weight is 289 g/mol. The molecule has 4 nitrogen and oxygen atoms in total. The summed E-state index contributed by atoms with van der Waals surface area (Å²) in [5, 5.41) is 3.77. The van der Waals surface area contributed by atoms with Crippen LogP contribution in [0.4, 0.5) is 0 Å². The summed E-state index contributed by atoms with van der Waals surface area (Å²) in [6, 6.07) is 9.58. The van der Waals surface area contributed by atoms with E-state index in [1.165, 1.54) is 44.7 Å². The van der Waals surface area contributed by atoms with E-state index in [4.69, 9.17) is 4.74 Å². The molecule has 116 valence electrons. The van der Waals surface area contributed by atoms with E-state index < -0.39 is 0 Å². The van der Waals surface area contributed by atoms with Gasteiger partial charge in [-0.15, -0.1) is 0 Å². The molecule has 0 radical (unpaired) electrons. The Labute approximate surface area is 128 Å². The molecule has 3 aliphatic rings. The van der Waals surface area contributed by atoms with Gasteiger partial charge < -0.3 is 10.1 Å². The normalized spacial score (nSPS) is 29.3. The highest BCUT2D eigenvalue weighted by Crippen LogP contribution is 2.28. The smallest absolute Gasteiger partial charge is 0.118 e. The highest BCUT2D eigenvalue weighted by atomic mass is 16.5. The summed E-state index contributed by atoms with van der Waals surface area (Å²) >= 11 is 0. The van der Waals surface area contributed by atoms with Crippen molar-refractivity contribution in [1.82, 2.24) is 15.1 Å². The molecular weight excluding hydrogens is 262 g/mol. The van der Waals surface area contributed by atoms with Crippen LogP contribution in [0.25, 0.3) is 0 Å². The molecule has 1 N–H and O–H groups in total. The molecule has 2 unspecified atom stereocenters. The summed E-state index contributed by atoms with van der Waals surface area (Å²) in [5.74, 6) is 0.933. The van der Waals surface area contributed by atoms with Crippen molar-refractivity contribution in [2.45, 2.75) is 25.4 Å². The molecule has 0 saturated carbocycles. The maximum atomic E-state index is 5.29. The monoisotopic (exact) mass is 289 g/mol. The van der Waals surface area contributed by atoms with Gasteiger partial charge in [-0.25, -0.2) is 0 Å². The first-order chi connectivity index (χ1) is 10.3. The number of nitrogens with zero attached hydrogens (tertiary/aromatic N) is 2. The first kappa shape index (κ1) is 14.8. The number of fused-ring (bicyclic) bond motifs is 3. The van der Waals surface area contributed by atoms with E-state index in [9.17, 15) is 0 Å². The van der Waals surface area contributed by atoms with Crippen molar-refractivity contribution in [2.75, 3.05) is 46.4 Å². The minimum Gasteiger partial charge on any atom is -0.497 e. The van der Waals surface area contributed by atoms with Gasteiger partial charge in [0.25, 0.3) is 0 Å². The van der Waals surface area contributed by atoms with E-state index in [2.05, 4.69) is 46.3 Å². The molecule has 3 saturated heterocycles. The van der Waals surface area contributed by atoms with Crippen LogP contribution in [0.1, 0.15) is 24.9 Å². The molecule has 1 aromatic carbocycles. The number of hydrogen-bond donors (Lipinski definition) is 1. The zero-order chi connectivity index (χ0) is 14.7. The van der Waals surface area contributed by atoms with Crippen molar-refractivity contribution in [1.29, 1.82) is 0 Å². The highest BCUT2D eigenvalue weighted by molar-refractivity contribution is 5.30. The van der Waals surface area contributed by atoms with E-state index in [1.807, 2.05) is 0 Å². The fraction of sp³-hybridized carbons (Fsp3) is 0.647. The van der Waals surface area contributed by atoms with Crippen LogP contribution in [0.3, 0.4) is 0 Å². The summed E-state index contributed by atoms with van der Waals surface area (Å²) in [4.78, 5) is 5.27. The fourth-order valence-corrected chi connectivity index (χ4v) is 3.56. The fourth-order valence-electron chi connectivity index (χ4n) is 3.56. The second kappa shape index (κ2) is 6.77. The predicted molar refractivity (Wildman–Crippen MR) is 85.8 cm³/mol. The molecule has 2 bridgehead atoms. The van der Waals surface area contributed by atoms with Crippen LogP contribution < -0.4 is 10.1 Å².